The van der Waals surface area contributed by atoms with Gasteiger partial charge in [0.25, 0.3) is 0 Å². The molecule has 1 aromatic carbocycles. The third-order valence-corrected chi connectivity index (χ3v) is 3.04. The van der Waals surface area contributed by atoms with Gasteiger partial charge < -0.3 is 14.2 Å². The molecular weight excluding hydrogens is 302 g/mol. The number of carbonyl (C=O) groups is 1. The molecule has 0 fully saturated rings. The molecule has 0 aliphatic carbocycles. The zero-order chi connectivity index (χ0) is 17.2. The first-order valence-corrected chi connectivity index (χ1v) is 7.56. The minimum absolute atomic E-state index is 0.00274. The van der Waals surface area contributed by atoms with Gasteiger partial charge in [-0.3, -0.25) is 10.1 Å². The normalized spacial score (nSPS) is 12.0. The summed E-state index contributed by atoms with van der Waals surface area (Å²) >= 11 is 0. The Labute approximate surface area is 135 Å². The predicted octanol–water partition coefficient (Wildman–Crippen LogP) is 2.97. The SMILES string of the molecule is CC(C)CCOC(C)C(=O)OCCOc1ccccc1[N+](=O)[O-]. The summed E-state index contributed by atoms with van der Waals surface area (Å²) in [6.07, 6.45) is 0.234. The van der Waals surface area contributed by atoms with Crippen molar-refractivity contribution >= 4 is 11.7 Å². The number of hydrogen-bond acceptors (Lipinski definition) is 6. The Morgan fingerprint density at radius 2 is 1.87 bits per heavy atom. The van der Waals surface area contributed by atoms with E-state index in [0.29, 0.717) is 12.5 Å². The number of para-hydroxylation sites is 2. The number of hydrogen-bond donors (Lipinski definition) is 0. The highest BCUT2D eigenvalue weighted by atomic mass is 16.6. The molecule has 128 valence electrons. The summed E-state index contributed by atoms with van der Waals surface area (Å²) in [5.74, 6) is 0.183. The number of carbonyl (C=O) groups excluding carboxylic acids is 1. The molecule has 1 rings (SSSR count). The molecule has 0 spiro atoms. The Morgan fingerprint density at radius 1 is 1.17 bits per heavy atom. The first-order valence-electron chi connectivity index (χ1n) is 7.56. The van der Waals surface area contributed by atoms with Gasteiger partial charge >= 0.3 is 11.7 Å². The van der Waals surface area contributed by atoms with Crippen LogP contribution in [0.2, 0.25) is 0 Å². The van der Waals surface area contributed by atoms with Crippen molar-refractivity contribution in [2.75, 3.05) is 19.8 Å². The lowest BCUT2D eigenvalue weighted by molar-refractivity contribution is -0.385. The minimum atomic E-state index is -0.639. The van der Waals surface area contributed by atoms with Crippen molar-refractivity contribution < 1.29 is 23.9 Å². The first kappa shape index (κ1) is 18.9. The molecule has 1 atom stereocenters. The van der Waals surface area contributed by atoms with Gasteiger partial charge in [-0.05, 0) is 25.3 Å². The van der Waals surface area contributed by atoms with Crippen molar-refractivity contribution in [3.05, 3.63) is 34.4 Å². The summed E-state index contributed by atoms with van der Waals surface area (Å²) in [5.41, 5.74) is -0.121. The van der Waals surface area contributed by atoms with E-state index in [-0.39, 0.29) is 24.7 Å². The van der Waals surface area contributed by atoms with Crippen molar-refractivity contribution in [1.82, 2.24) is 0 Å². The minimum Gasteiger partial charge on any atom is -0.483 e. The number of nitro groups is 1. The van der Waals surface area contributed by atoms with Gasteiger partial charge in [-0.1, -0.05) is 26.0 Å². The van der Waals surface area contributed by atoms with E-state index in [1.165, 1.54) is 12.1 Å². The van der Waals surface area contributed by atoms with Gasteiger partial charge in [-0.2, -0.15) is 0 Å². The largest absolute Gasteiger partial charge is 0.483 e. The number of benzene rings is 1. The van der Waals surface area contributed by atoms with Crippen molar-refractivity contribution in [2.24, 2.45) is 5.92 Å². The Kier molecular flexibility index (Phi) is 8.04. The highest BCUT2D eigenvalue weighted by Crippen LogP contribution is 2.25. The van der Waals surface area contributed by atoms with Crippen LogP contribution in [0, 0.1) is 16.0 Å². The molecule has 0 bridgehead atoms. The van der Waals surface area contributed by atoms with Gasteiger partial charge in [0.05, 0.1) is 4.92 Å². The van der Waals surface area contributed by atoms with Crippen molar-refractivity contribution in [3.63, 3.8) is 0 Å². The molecule has 0 aromatic heterocycles. The van der Waals surface area contributed by atoms with Crippen molar-refractivity contribution in [1.29, 1.82) is 0 Å². The molecule has 0 radical (unpaired) electrons. The predicted molar refractivity (Wildman–Crippen MR) is 84.4 cm³/mol. The van der Waals surface area contributed by atoms with Crippen LogP contribution in [0.4, 0.5) is 5.69 Å². The summed E-state index contributed by atoms with van der Waals surface area (Å²) in [4.78, 5) is 22.0. The van der Waals surface area contributed by atoms with Crippen LogP contribution in [-0.2, 0) is 14.3 Å². The third-order valence-electron chi connectivity index (χ3n) is 3.04. The summed E-state index contributed by atoms with van der Waals surface area (Å²) in [6, 6.07) is 6.05. The van der Waals surface area contributed by atoms with E-state index in [4.69, 9.17) is 14.2 Å². The number of esters is 1. The van der Waals surface area contributed by atoms with Crippen LogP contribution in [-0.4, -0.2) is 36.8 Å². The highest BCUT2D eigenvalue weighted by molar-refractivity contribution is 5.74. The van der Waals surface area contributed by atoms with Gasteiger partial charge in [0.15, 0.2) is 11.9 Å². The number of nitrogens with zero attached hydrogens (tertiary/aromatic N) is 1. The lowest BCUT2D eigenvalue weighted by Crippen LogP contribution is -2.25. The summed E-state index contributed by atoms with van der Waals surface area (Å²) < 4.78 is 15.7. The van der Waals surface area contributed by atoms with E-state index in [1.54, 1.807) is 19.1 Å². The van der Waals surface area contributed by atoms with E-state index >= 15 is 0 Å². The molecule has 0 aliphatic rings. The van der Waals surface area contributed by atoms with E-state index < -0.39 is 17.0 Å². The molecule has 1 aromatic rings. The maximum atomic E-state index is 11.7. The van der Waals surface area contributed by atoms with Gasteiger partial charge in [-0.25, -0.2) is 4.79 Å². The van der Waals surface area contributed by atoms with Gasteiger partial charge in [0, 0.05) is 12.7 Å². The van der Waals surface area contributed by atoms with Crippen LogP contribution < -0.4 is 4.74 Å². The molecule has 0 amide bonds. The molecule has 0 aliphatic heterocycles. The molecular formula is C16H23NO6. The second-order valence-corrected chi connectivity index (χ2v) is 5.44. The monoisotopic (exact) mass is 325 g/mol. The van der Waals surface area contributed by atoms with Gasteiger partial charge in [0.1, 0.15) is 13.2 Å². The van der Waals surface area contributed by atoms with Crippen LogP contribution >= 0.6 is 0 Å². The molecule has 0 saturated carbocycles. The van der Waals surface area contributed by atoms with E-state index in [2.05, 4.69) is 13.8 Å². The van der Waals surface area contributed by atoms with Gasteiger partial charge in [0.2, 0.25) is 0 Å². The van der Waals surface area contributed by atoms with Crippen LogP contribution in [0.3, 0.4) is 0 Å². The fourth-order valence-electron chi connectivity index (χ4n) is 1.69. The maximum Gasteiger partial charge on any atom is 0.335 e. The van der Waals surface area contributed by atoms with Crippen molar-refractivity contribution in [3.8, 4) is 5.75 Å². The Hall–Kier alpha value is -2.15. The Balaban J connectivity index is 2.29. The fourth-order valence-corrected chi connectivity index (χ4v) is 1.69. The van der Waals surface area contributed by atoms with Crippen LogP contribution in [0.15, 0.2) is 24.3 Å². The highest BCUT2D eigenvalue weighted by Gasteiger charge is 2.16. The molecule has 0 N–H and O–H groups in total. The van der Waals surface area contributed by atoms with E-state index in [1.807, 2.05) is 0 Å². The topological polar surface area (TPSA) is 87.9 Å². The molecule has 1 unspecified atom stereocenters. The summed E-state index contributed by atoms with van der Waals surface area (Å²) in [6.45, 7) is 6.32. The maximum absolute atomic E-state index is 11.7. The zero-order valence-corrected chi connectivity index (χ0v) is 13.7. The molecule has 7 heteroatoms. The Bertz CT molecular complexity index is 517. The average molecular weight is 325 g/mol. The van der Waals surface area contributed by atoms with Crippen LogP contribution in [0.1, 0.15) is 27.2 Å². The third kappa shape index (κ3) is 7.10. The smallest absolute Gasteiger partial charge is 0.335 e. The average Bonchev–Trinajstić information content (AvgIpc) is 2.51. The first-order chi connectivity index (χ1) is 10.9. The van der Waals surface area contributed by atoms with Crippen LogP contribution in [0.25, 0.3) is 0 Å². The molecule has 7 nitrogen and oxygen atoms in total. The summed E-state index contributed by atoms with van der Waals surface area (Å²) in [5, 5.41) is 10.8. The molecule has 0 heterocycles. The number of ether oxygens (including phenoxy) is 3. The number of rotatable bonds is 10. The second kappa shape index (κ2) is 9.78. The zero-order valence-electron chi connectivity index (χ0n) is 13.7. The standard InChI is InChI=1S/C16H23NO6/c1-12(2)8-9-21-13(3)16(18)23-11-10-22-15-7-5-4-6-14(15)17(19)20/h4-7,12-13H,8-11H2,1-3H3. The quantitative estimate of drug-likeness (QED) is 0.284. The van der Waals surface area contributed by atoms with E-state index in [0.717, 1.165) is 6.42 Å². The lowest BCUT2D eigenvalue weighted by atomic mass is 10.1. The van der Waals surface area contributed by atoms with Gasteiger partial charge in [-0.15, -0.1) is 0 Å². The molecule has 0 saturated heterocycles. The van der Waals surface area contributed by atoms with E-state index in [9.17, 15) is 14.9 Å². The number of nitro benzene ring substituents is 1. The fraction of sp³-hybridized carbons (Fsp3) is 0.562. The second-order valence-electron chi connectivity index (χ2n) is 5.44. The lowest BCUT2D eigenvalue weighted by Gasteiger charge is -2.13. The summed E-state index contributed by atoms with van der Waals surface area (Å²) in [7, 11) is 0. The van der Waals surface area contributed by atoms with Crippen molar-refractivity contribution in [2.45, 2.75) is 33.3 Å². The van der Waals surface area contributed by atoms with Crippen LogP contribution in [0.5, 0.6) is 5.75 Å². The Morgan fingerprint density at radius 3 is 2.52 bits per heavy atom. The molecule has 23 heavy (non-hydrogen) atoms.